The topological polar surface area (TPSA) is 20.2 Å². The van der Waals surface area contributed by atoms with Gasteiger partial charge in [-0.05, 0) is 63.9 Å². The van der Waals surface area contributed by atoms with Crippen molar-refractivity contribution in [2.24, 2.45) is 0 Å². The van der Waals surface area contributed by atoms with Crippen LogP contribution < -0.4 is 0 Å². The van der Waals surface area contributed by atoms with Crippen molar-refractivity contribution >= 4 is 25.3 Å². The van der Waals surface area contributed by atoms with Crippen LogP contribution in [0.5, 0.6) is 0 Å². The van der Waals surface area contributed by atoms with Crippen molar-refractivity contribution in [1.29, 1.82) is 0 Å². The second kappa shape index (κ2) is 13.8. The minimum absolute atomic E-state index is 0.147. The van der Waals surface area contributed by atoms with E-state index in [4.69, 9.17) is 5.11 Å². The van der Waals surface area contributed by atoms with Gasteiger partial charge >= 0.3 is 0 Å². The van der Waals surface area contributed by atoms with Crippen LogP contribution in [0.15, 0.2) is 34.9 Å². The third-order valence-corrected chi connectivity index (χ3v) is 3.76. The third kappa shape index (κ3) is 11.7. The Labute approximate surface area is 136 Å². The zero-order valence-corrected chi connectivity index (χ0v) is 14.7. The predicted molar refractivity (Wildman–Crippen MR) is 98.1 cm³/mol. The van der Waals surface area contributed by atoms with Crippen LogP contribution in [0.4, 0.5) is 0 Å². The highest BCUT2D eigenvalue weighted by molar-refractivity contribution is 7.80. The minimum Gasteiger partial charge on any atom is -0.392 e. The molecule has 0 unspecified atom stereocenters. The molecule has 0 aliphatic heterocycles. The first-order chi connectivity index (χ1) is 9.63. The van der Waals surface area contributed by atoms with Crippen molar-refractivity contribution in [3.05, 3.63) is 34.9 Å². The summed E-state index contributed by atoms with van der Waals surface area (Å²) in [5, 5.41) is 8.83. The van der Waals surface area contributed by atoms with Crippen LogP contribution >= 0.6 is 25.3 Å². The maximum atomic E-state index is 8.83. The van der Waals surface area contributed by atoms with Crippen LogP contribution in [0.1, 0.15) is 52.4 Å². The first-order valence-corrected chi connectivity index (χ1v) is 8.72. The molecule has 0 amide bonds. The lowest BCUT2D eigenvalue weighted by molar-refractivity contribution is 0.341. The minimum atomic E-state index is 0.147. The molecule has 0 radical (unpaired) electrons. The van der Waals surface area contributed by atoms with Gasteiger partial charge in [-0.3, -0.25) is 0 Å². The summed E-state index contributed by atoms with van der Waals surface area (Å²) >= 11 is 8.59. The van der Waals surface area contributed by atoms with E-state index in [9.17, 15) is 0 Å². The lowest BCUT2D eigenvalue weighted by Gasteiger charge is -2.06. The van der Waals surface area contributed by atoms with Crippen LogP contribution in [0.2, 0.25) is 0 Å². The molecule has 0 heterocycles. The molecule has 20 heavy (non-hydrogen) atoms. The highest BCUT2D eigenvalue weighted by Crippen LogP contribution is 2.16. The Morgan fingerprint density at radius 2 is 1.40 bits per heavy atom. The molecule has 0 rings (SSSR count). The molecule has 116 valence electrons. The van der Waals surface area contributed by atoms with E-state index in [0.717, 1.165) is 50.0 Å². The first-order valence-electron chi connectivity index (χ1n) is 7.45. The molecular weight excluding hydrogens is 284 g/mol. The Bertz CT molecular complexity index is 330. The molecule has 0 aliphatic rings. The van der Waals surface area contributed by atoms with E-state index in [0.29, 0.717) is 0 Å². The van der Waals surface area contributed by atoms with Gasteiger partial charge < -0.3 is 5.11 Å². The standard InChI is InChI=1S/C17H30OS2/c1-15(9-12-18)5-3-7-17(11-14-20)8-4-6-16(2)10-13-19/h6-7,9,18-20H,3-5,8,10-14H2,1-2H3/b15-9+,16-6-,17-7-. The number of hydrogen-bond donors (Lipinski definition) is 3. The average Bonchev–Trinajstić information content (AvgIpc) is 2.39. The Hall–Kier alpha value is -0.120. The van der Waals surface area contributed by atoms with Gasteiger partial charge in [0.1, 0.15) is 0 Å². The number of allylic oxidation sites excluding steroid dienone is 5. The largest absolute Gasteiger partial charge is 0.392 e. The predicted octanol–water partition coefficient (Wildman–Crippen LogP) is 5.00. The lowest BCUT2D eigenvalue weighted by atomic mass is 10.0. The molecule has 0 aliphatic carbocycles. The fraction of sp³-hybridized carbons (Fsp3) is 0.647. The Kier molecular flexibility index (Phi) is 13.8. The summed E-state index contributed by atoms with van der Waals surface area (Å²) < 4.78 is 0. The number of hydrogen-bond acceptors (Lipinski definition) is 3. The summed E-state index contributed by atoms with van der Waals surface area (Å²) in [4.78, 5) is 0. The summed E-state index contributed by atoms with van der Waals surface area (Å²) in [6, 6.07) is 0. The fourth-order valence-electron chi connectivity index (χ4n) is 2.02. The van der Waals surface area contributed by atoms with Crippen LogP contribution in [0, 0.1) is 0 Å². The molecule has 3 heteroatoms. The van der Waals surface area contributed by atoms with Gasteiger partial charge in [0.2, 0.25) is 0 Å². The van der Waals surface area contributed by atoms with Gasteiger partial charge in [-0.2, -0.15) is 25.3 Å². The summed E-state index contributed by atoms with van der Waals surface area (Å²) in [5.74, 6) is 1.84. The Morgan fingerprint density at radius 3 is 2.00 bits per heavy atom. The van der Waals surface area contributed by atoms with E-state index in [1.165, 1.54) is 16.7 Å². The van der Waals surface area contributed by atoms with Crippen molar-refractivity contribution < 1.29 is 5.11 Å². The number of thiol groups is 2. The maximum absolute atomic E-state index is 8.83. The van der Waals surface area contributed by atoms with Gasteiger partial charge in [0.05, 0.1) is 6.61 Å². The van der Waals surface area contributed by atoms with Crippen LogP contribution in [0.3, 0.4) is 0 Å². The molecule has 0 saturated heterocycles. The number of aliphatic hydroxyl groups is 1. The van der Waals surface area contributed by atoms with E-state index < -0.39 is 0 Å². The van der Waals surface area contributed by atoms with Crippen molar-refractivity contribution in [2.75, 3.05) is 18.1 Å². The SMILES string of the molecule is C/C(=C/CC/C(=C/CC/C(C)=C/CO)CCS)CCS. The molecule has 1 N–H and O–H groups in total. The quantitative estimate of drug-likeness (QED) is 0.362. The van der Waals surface area contributed by atoms with Crippen LogP contribution in [-0.4, -0.2) is 23.2 Å². The Morgan fingerprint density at radius 1 is 0.800 bits per heavy atom. The van der Waals surface area contributed by atoms with E-state index in [1.54, 1.807) is 0 Å². The van der Waals surface area contributed by atoms with E-state index in [1.807, 2.05) is 6.08 Å². The normalized spacial score (nSPS) is 13.9. The summed E-state index contributed by atoms with van der Waals surface area (Å²) in [6.07, 6.45) is 13.1. The van der Waals surface area contributed by atoms with Gasteiger partial charge in [0.25, 0.3) is 0 Å². The van der Waals surface area contributed by atoms with E-state index in [-0.39, 0.29) is 6.61 Å². The van der Waals surface area contributed by atoms with Crippen LogP contribution in [-0.2, 0) is 0 Å². The highest BCUT2D eigenvalue weighted by Gasteiger charge is 1.97. The van der Waals surface area contributed by atoms with Crippen molar-refractivity contribution in [2.45, 2.75) is 52.4 Å². The summed E-state index contributed by atoms with van der Waals surface area (Å²) in [7, 11) is 0. The molecule has 0 atom stereocenters. The second-order valence-electron chi connectivity index (χ2n) is 5.17. The monoisotopic (exact) mass is 314 g/mol. The Balaban J connectivity index is 4.20. The summed E-state index contributed by atoms with van der Waals surface area (Å²) in [6.45, 7) is 4.40. The average molecular weight is 315 g/mol. The van der Waals surface area contributed by atoms with Crippen molar-refractivity contribution in [1.82, 2.24) is 0 Å². The zero-order chi connectivity index (χ0) is 15.2. The van der Waals surface area contributed by atoms with Gasteiger partial charge in [0, 0.05) is 0 Å². The molecule has 0 bridgehead atoms. The molecular formula is C17H30OS2. The number of rotatable bonds is 11. The lowest BCUT2D eigenvalue weighted by Crippen LogP contribution is -1.88. The maximum Gasteiger partial charge on any atom is 0.0614 e. The molecule has 0 aromatic carbocycles. The van der Waals surface area contributed by atoms with Crippen LogP contribution in [0.25, 0.3) is 0 Å². The van der Waals surface area contributed by atoms with E-state index >= 15 is 0 Å². The number of aliphatic hydroxyl groups excluding tert-OH is 1. The second-order valence-corrected chi connectivity index (χ2v) is 6.06. The van der Waals surface area contributed by atoms with Gasteiger partial charge in [0.15, 0.2) is 0 Å². The van der Waals surface area contributed by atoms with E-state index in [2.05, 4.69) is 51.3 Å². The van der Waals surface area contributed by atoms with Gasteiger partial charge in [-0.1, -0.05) is 34.9 Å². The van der Waals surface area contributed by atoms with Crippen molar-refractivity contribution in [3.8, 4) is 0 Å². The fourth-order valence-corrected chi connectivity index (χ4v) is 2.66. The molecule has 0 spiro atoms. The highest BCUT2D eigenvalue weighted by atomic mass is 32.1. The summed E-state index contributed by atoms with van der Waals surface area (Å²) in [5.41, 5.74) is 4.21. The molecule has 0 aromatic heterocycles. The molecule has 0 saturated carbocycles. The molecule has 0 aromatic rings. The first kappa shape index (κ1) is 19.9. The molecule has 0 fully saturated rings. The van der Waals surface area contributed by atoms with Gasteiger partial charge in [-0.25, -0.2) is 0 Å². The molecule has 1 nitrogen and oxygen atoms in total. The van der Waals surface area contributed by atoms with Crippen molar-refractivity contribution in [3.63, 3.8) is 0 Å². The van der Waals surface area contributed by atoms with Gasteiger partial charge in [-0.15, -0.1) is 0 Å². The zero-order valence-electron chi connectivity index (χ0n) is 12.9. The smallest absolute Gasteiger partial charge is 0.0614 e. The third-order valence-electron chi connectivity index (χ3n) is 3.31.